The van der Waals surface area contributed by atoms with E-state index in [4.69, 9.17) is 4.74 Å². The van der Waals surface area contributed by atoms with Gasteiger partial charge in [-0.1, -0.05) is 30.3 Å². The number of rotatable bonds is 7. The van der Waals surface area contributed by atoms with Gasteiger partial charge in [-0.15, -0.1) is 0 Å². The average molecular weight is 506 g/mol. The first-order valence-corrected chi connectivity index (χ1v) is 13.2. The summed E-state index contributed by atoms with van der Waals surface area (Å²) >= 11 is 0. The van der Waals surface area contributed by atoms with Crippen LogP contribution in [-0.2, 0) is 14.3 Å². The molecule has 3 aromatic rings. The third kappa shape index (κ3) is 5.46. The highest BCUT2D eigenvalue weighted by atomic mass is 16.5. The number of carbonyl (C=O) groups is 2. The molecule has 0 saturated carbocycles. The molecule has 0 spiro atoms. The molecule has 2 atom stereocenters. The van der Waals surface area contributed by atoms with E-state index in [9.17, 15) is 14.4 Å². The first-order chi connectivity index (χ1) is 18.0. The zero-order chi connectivity index (χ0) is 25.8. The highest BCUT2D eigenvalue weighted by Gasteiger charge is 2.34. The zero-order valence-corrected chi connectivity index (χ0v) is 21.3. The van der Waals surface area contributed by atoms with E-state index < -0.39 is 0 Å². The summed E-state index contributed by atoms with van der Waals surface area (Å²) in [6.45, 7) is 2.80. The second-order valence-electron chi connectivity index (χ2n) is 10.1. The van der Waals surface area contributed by atoms with E-state index in [2.05, 4.69) is 22.1 Å². The number of nitrogens with one attached hydrogen (secondary N) is 1. The number of amides is 2. The van der Waals surface area contributed by atoms with Crippen molar-refractivity contribution in [2.45, 2.75) is 44.1 Å². The molecule has 0 radical (unpaired) electrons. The zero-order valence-electron chi connectivity index (χ0n) is 21.3. The van der Waals surface area contributed by atoms with Crippen molar-refractivity contribution in [2.24, 2.45) is 5.92 Å². The molecule has 2 aliphatic rings. The van der Waals surface area contributed by atoms with E-state index in [-0.39, 0.29) is 41.8 Å². The van der Waals surface area contributed by atoms with Gasteiger partial charge in [0.25, 0.3) is 0 Å². The summed E-state index contributed by atoms with van der Waals surface area (Å²) in [4.78, 5) is 50.2. The van der Waals surface area contributed by atoms with Crippen LogP contribution in [0.25, 0.3) is 11.2 Å². The summed E-state index contributed by atoms with van der Waals surface area (Å²) in [5, 5.41) is 0. The fraction of sp³-hybridized carbons (Fsp3) is 0.500. The van der Waals surface area contributed by atoms with Crippen LogP contribution >= 0.6 is 0 Å². The van der Waals surface area contributed by atoms with Gasteiger partial charge in [-0.3, -0.25) is 19.1 Å². The molecule has 1 N–H and O–H groups in total. The van der Waals surface area contributed by atoms with Crippen molar-refractivity contribution in [1.29, 1.82) is 0 Å². The van der Waals surface area contributed by atoms with Crippen LogP contribution in [0.15, 0.2) is 53.5 Å². The number of methoxy groups -OCH3 is 1. The fourth-order valence-corrected chi connectivity index (χ4v) is 5.86. The quantitative estimate of drug-likeness (QED) is 0.532. The number of aromatic amines is 1. The Hall–Kier alpha value is -3.46. The second kappa shape index (κ2) is 11.3. The topological polar surface area (TPSA) is 101 Å². The molecule has 9 nitrogen and oxygen atoms in total. The molecule has 2 fully saturated rings. The smallest absolute Gasteiger partial charge is 0.327 e. The van der Waals surface area contributed by atoms with Crippen molar-refractivity contribution in [2.75, 3.05) is 39.9 Å². The maximum Gasteiger partial charge on any atom is 0.327 e. The summed E-state index contributed by atoms with van der Waals surface area (Å²) in [5.41, 5.74) is 2.45. The molecule has 5 rings (SSSR count). The average Bonchev–Trinajstić information content (AvgIpc) is 3.19. The molecular weight excluding hydrogens is 470 g/mol. The van der Waals surface area contributed by atoms with Crippen LogP contribution in [-0.4, -0.2) is 76.0 Å². The Morgan fingerprint density at radius 1 is 1.05 bits per heavy atom. The van der Waals surface area contributed by atoms with E-state index in [1.54, 1.807) is 17.9 Å². The van der Waals surface area contributed by atoms with Crippen molar-refractivity contribution in [3.63, 3.8) is 0 Å². The highest BCUT2D eigenvalue weighted by molar-refractivity contribution is 5.86. The number of fused-ring (bicyclic) bond motifs is 1. The second-order valence-corrected chi connectivity index (χ2v) is 10.1. The van der Waals surface area contributed by atoms with Crippen LogP contribution in [0.4, 0.5) is 0 Å². The molecule has 196 valence electrons. The van der Waals surface area contributed by atoms with Crippen LogP contribution in [0.1, 0.15) is 49.6 Å². The number of aromatic nitrogens is 3. The molecule has 1 aromatic carbocycles. The van der Waals surface area contributed by atoms with E-state index in [1.807, 2.05) is 40.1 Å². The summed E-state index contributed by atoms with van der Waals surface area (Å²) in [7, 11) is 1.64. The minimum atomic E-state index is -0.321. The largest absolute Gasteiger partial charge is 0.383 e. The Kier molecular flexibility index (Phi) is 7.69. The normalized spacial score (nSPS) is 21.4. The number of piperidine rings is 1. The summed E-state index contributed by atoms with van der Waals surface area (Å²) in [6, 6.07) is 14.1. The molecule has 2 aliphatic heterocycles. The molecule has 2 aromatic heterocycles. The molecule has 0 bridgehead atoms. The van der Waals surface area contributed by atoms with E-state index in [0.717, 1.165) is 11.9 Å². The number of H-pyrrole nitrogens is 1. The number of hydrogen-bond acceptors (Lipinski definition) is 5. The Bertz CT molecular complexity index is 1280. The van der Waals surface area contributed by atoms with Crippen molar-refractivity contribution >= 4 is 23.0 Å². The van der Waals surface area contributed by atoms with Gasteiger partial charge < -0.3 is 14.5 Å². The number of benzene rings is 1. The molecule has 0 unspecified atom stereocenters. The minimum Gasteiger partial charge on any atom is -0.383 e. The maximum atomic E-state index is 13.5. The third-order valence-electron chi connectivity index (χ3n) is 7.90. The molecule has 0 aliphatic carbocycles. The number of imidazole rings is 1. The van der Waals surface area contributed by atoms with Crippen molar-refractivity contribution in [3.05, 3.63) is 64.7 Å². The molecular formula is C28H35N5O4. The fourth-order valence-electron chi connectivity index (χ4n) is 5.86. The predicted molar refractivity (Wildman–Crippen MR) is 140 cm³/mol. The minimum absolute atomic E-state index is 0.0187. The van der Waals surface area contributed by atoms with Gasteiger partial charge in [-0.05, 0) is 43.4 Å². The van der Waals surface area contributed by atoms with Gasteiger partial charge in [-0.2, -0.15) is 0 Å². The summed E-state index contributed by atoms with van der Waals surface area (Å²) < 4.78 is 7.04. The molecule has 37 heavy (non-hydrogen) atoms. The van der Waals surface area contributed by atoms with Crippen LogP contribution in [0.2, 0.25) is 0 Å². The molecule has 4 heterocycles. The lowest BCUT2D eigenvalue weighted by Crippen LogP contribution is -2.43. The van der Waals surface area contributed by atoms with Crippen LogP contribution in [0, 0.1) is 5.92 Å². The van der Waals surface area contributed by atoms with Gasteiger partial charge in [0.2, 0.25) is 11.8 Å². The number of carbonyl (C=O) groups excluding carboxylic acids is 2. The first-order valence-electron chi connectivity index (χ1n) is 13.2. The lowest BCUT2D eigenvalue weighted by atomic mass is 9.90. The summed E-state index contributed by atoms with van der Waals surface area (Å²) in [6.07, 6.45) is 4.85. The lowest BCUT2D eigenvalue weighted by molar-refractivity contribution is -0.142. The Morgan fingerprint density at radius 3 is 2.59 bits per heavy atom. The van der Waals surface area contributed by atoms with Gasteiger partial charge >= 0.3 is 5.69 Å². The third-order valence-corrected chi connectivity index (χ3v) is 7.90. The number of likely N-dealkylation sites (tertiary alicyclic amines) is 2. The van der Waals surface area contributed by atoms with Gasteiger partial charge in [0.1, 0.15) is 0 Å². The maximum absolute atomic E-state index is 13.5. The SMILES string of the molecule is COCCN1C[C@H](c2ccccc2)CC[C@@H](CC(=O)N2CCC(n3c(=O)[nH]c4ncccc43)CC2)C1=O. The standard InChI is InChI=1S/C28H35N5O4/c1-37-17-16-32-19-22(20-6-3-2-4-7-20)10-9-21(27(32)35)18-25(34)31-14-11-23(12-15-31)33-24-8-5-13-29-26(24)30-28(33)36/h2-8,13,21-23H,9-12,14-19H2,1H3,(H,29,30,36)/t21-,22+/m0/s1. The van der Waals surface area contributed by atoms with Crippen LogP contribution < -0.4 is 5.69 Å². The number of nitrogens with zero attached hydrogens (tertiary/aromatic N) is 4. The first kappa shape index (κ1) is 25.2. The van der Waals surface area contributed by atoms with Gasteiger partial charge in [0.05, 0.1) is 12.1 Å². The van der Waals surface area contributed by atoms with E-state index in [1.165, 1.54) is 5.56 Å². The highest BCUT2D eigenvalue weighted by Crippen LogP contribution is 2.32. The van der Waals surface area contributed by atoms with Crippen molar-refractivity contribution in [1.82, 2.24) is 24.3 Å². The monoisotopic (exact) mass is 505 g/mol. The van der Waals surface area contributed by atoms with Gasteiger partial charge in [-0.25, -0.2) is 9.78 Å². The van der Waals surface area contributed by atoms with Gasteiger partial charge in [0.15, 0.2) is 5.65 Å². The van der Waals surface area contributed by atoms with Crippen LogP contribution in [0.3, 0.4) is 0 Å². The molecule has 2 saturated heterocycles. The summed E-state index contributed by atoms with van der Waals surface area (Å²) in [5.74, 6) is 0.00564. The Balaban J connectivity index is 1.23. The Labute approximate surface area is 216 Å². The number of ether oxygens (including phenoxy) is 1. The van der Waals surface area contributed by atoms with E-state index >= 15 is 0 Å². The Morgan fingerprint density at radius 2 is 1.84 bits per heavy atom. The predicted octanol–water partition coefficient (Wildman–Crippen LogP) is 2.95. The van der Waals surface area contributed by atoms with Gasteiger partial charge in [0, 0.05) is 63.8 Å². The van der Waals surface area contributed by atoms with E-state index in [0.29, 0.717) is 57.7 Å². The molecule has 9 heteroatoms. The van der Waals surface area contributed by atoms with Crippen molar-refractivity contribution < 1.29 is 14.3 Å². The molecule has 2 amide bonds. The number of hydrogen-bond donors (Lipinski definition) is 1. The number of pyridine rings is 1. The van der Waals surface area contributed by atoms with Crippen LogP contribution in [0.5, 0.6) is 0 Å². The lowest BCUT2D eigenvalue weighted by Gasteiger charge is -2.33. The van der Waals surface area contributed by atoms with Crippen molar-refractivity contribution in [3.8, 4) is 0 Å².